The van der Waals surface area contributed by atoms with E-state index in [1.165, 1.54) is 7.11 Å². The lowest BCUT2D eigenvalue weighted by atomic mass is 9.65. The number of phenols is 1. The Kier molecular flexibility index (Phi) is 8.54. The molecule has 5 N–H and O–H groups in total. The Labute approximate surface area is 234 Å². The number of unbranched alkanes of at least 4 members (excludes halogenated alkanes) is 5. The fraction of sp³-hybridized carbons (Fsp3) is 0.533. The van der Waals surface area contributed by atoms with Gasteiger partial charge in [-0.25, -0.2) is 4.79 Å². The summed E-state index contributed by atoms with van der Waals surface area (Å²) in [6, 6.07) is 6.69. The number of methoxy groups -OCH3 is 1. The van der Waals surface area contributed by atoms with Crippen molar-refractivity contribution in [2.45, 2.75) is 57.4 Å². The van der Waals surface area contributed by atoms with E-state index in [0.29, 0.717) is 29.4 Å². The van der Waals surface area contributed by atoms with Crippen LogP contribution in [0.15, 0.2) is 24.3 Å². The molecule has 40 heavy (non-hydrogen) atoms. The summed E-state index contributed by atoms with van der Waals surface area (Å²) in [5, 5.41) is 16.6. The van der Waals surface area contributed by atoms with Gasteiger partial charge in [0.1, 0.15) is 0 Å². The highest BCUT2D eigenvalue weighted by atomic mass is 16.7. The van der Waals surface area contributed by atoms with Crippen molar-refractivity contribution < 1.29 is 33.6 Å². The quantitative estimate of drug-likeness (QED) is 0.242. The molecule has 2 aromatic rings. The summed E-state index contributed by atoms with van der Waals surface area (Å²) in [6.07, 6.45) is 6.42. The van der Waals surface area contributed by atoms with Gasteiger partial charge in [-0.15, -0.1) is 0 Å². The van der Waals surface area contributed by atoms with Crippen LogP contribution in [0.2, 0.25) is 0 Å². The molecule has 1 fully saturated rings. The summed E-state index contributed by atoms with van der Waals surface area (Å²) in [5.41, 5.74) is 8.70. The average Bonchev–Trinajstić information content (AvgIpc) is 3.57. The molecule has 5 rings (SSSR count). The molecule has 1 aliphatic carbocycles. The Bertz CT molecular complexity index is 1250. The normalized spacial score (nSPS) is 22.3. The molecule has 2 aliphatic heterocycles. The van der Waals surface area contributed by atoms with Gasteiger partial charge in [-0.2, -0.15) is 0 Å². The van der Waals surface area contributed by atoms with Crippen molar-refractivity contribution in [1.29, 1.82) is 0 Å². The van der Waals surface area contributed by atoms with E-state index in [1.54, 1.807) is 13.0 Å². The van der Waals surface area contributed by atoms with Crippen molar-refractivity contribution in [1.82, 2.24) is 10.6 Å². The minimum atomic E-state index is -0.541. The summed E-state index contributed by atoms with van der Waals surface area (Å²) in [6.45, 7) is 3.40. The van der Waals surface area contributed by atoms with Gasteiger partial charge in [0.15, 0.2) is 23.0 Å². The lowest BCUT2D eigenvalue weighted by Gasteiger charge is -2.39. The number of benzene rings is 2. The Morgan fingerprint density at radius 2 is 1.73 bits per heavy atom. The number of phenolic OH excluding ortho intramolecular Hbond substituents is 1. The van der Waals surface area contributed by atoms with E-state index in [2.05, 4.69) is 10.6 Å². The van der Waals surface area contributed by atoms with Gasteiger partial charge in [0.2, 0.25) is 6.79 Å². The van der Waals surface area contributed by atoms with Gasteiger partial charge in [-0.05, 0) is 66.8 Å². The van der Waals surface area contributed by atoms with Gasteiger partial charge in [0.25, 0.3) is 0 Å². The number of hydrogen-bond acceptors (Lipinski definition) is 8. The number of urea groups is 1. The highest BCUT2D eigenvalue weighted by molar-refractivity contribution is 5.80. The number of ether oxygens (including phenoxy) is 4. The molecule has 2 amide bonds. The van der Waals surface area contributed by atoms with Gasteiger partial charge >= 0.3 is 12.0 Å². The number of aromatic hydroxyl groups is 1. The molecule has 0 aromatic heterocycles. The Hall–Kier alpha value is -3.66. The van der Waals surface area contributed by atoms with E-state index >= 15 is 0 Å². The summed E-state index contributed by atoms with van der Waals surface area (Å²) >= 11 is 0. The molecule has 10 nitrogen and oxygen atoms in total. The van der Waals surface area contributed by atoms with E-state index in [1.807, 2.05) is 18.2 Å². The molecule has 1 unspecified atom stereocenters. The molecule has 0 saturated carbocycles. The van der Waals surface area contributed by atoms with Crippen molar-refractivity contribution in [2.24, 2.45) is 17.6 Å². The molecule has 0 radical (unpaired) electrons. The second-order valence-corrected chi connectivity index (χ2v) is 10.8. The third-order valence-electron chi connectivity index (χ3n) is 8.26. The maximum Gasteiger partial charge on any atom is 0.315 e. The molecular weight excluding hydrogens is 514 g/mol. The van der Waals surface area contributed by atoms with Crippen molar-refractivity contribution in [2.75, 3.05) is 33.6 Å². The zero-order chi connectivity index (χ0) is 28.2. The number of nitrogens with one attached hydrogen (secondary N) is 2. The predicted molar refractivity (Wildman–Crippen MR) is 148 cm³/mol. The van der Waals surface area contributed by atoms with Crippen LogP contribution in [-0.4, -0.2) is 50.7 Å². The van der Waals surface area contributed by atoms with Gasteiger partial charge in [0.05, 0.1) is 25.7 Å². The number of esters is 1. The molecule has 0 spiro atoms. The molecule has 3 aliphatic rings. The van der Waals surface area contributed by atoms with E-state index < -0.39 is 17.9 Å². The number of hydrogen-bond donors (Lipinski definition) is 4. The molecule has 0 bridgehead atoms. The van der Waals surface area contributed by atoms with E-state index in [9.17, 15) is 14.7 Å². The fourth-order valence-corrected chi connectivity index (χ4v) is 6.23. The van der Waals surface area contributed by atoms with E-state index in [0.717, 1.165) is 61.8 Å². The average molecular weight is 554 g/mol. The van der Waals surface area contributed by atoms with E-state index in [4.69, 9.17) is 24.7 Å². The number of cyclic esters (lactones) is 1. The Balaban J connectivity index is 1.41. The second-order valence-electron chi connectivity index (χ2n) is 10.8. The molecule has 4 atom stereocenters. The van der Waals surface area contributed by atoms with Crippen molar-refractivity contribution in [3.8, 4) is 23.0 Å². The molecule has 2 heterocycles. The number of aryl methyl sites for hydroxylation is 1. The molecule has 2 aromatic carbocycles. The van der Waals surface area contributed by atoms with Crippen molar-refractivity contribution in [3.05, 3.63) is 46.5 Å². The summed E-state index contributed by atoms with van der Waals surface area (Å²) < 4.78 is 22.4. The highest BCUT2D eigenvalue weighted by Crippen LogP contribution is 2.54. The fourth-order valence-electron chi connectivity index (χ4n) is 6.23. The van der Waals surface area contributed by atoms with Crippen molar-refractivity contribution in [3.63, 3.8) is 0 Å². The van der Waals surface area contributed by atoms with Crippen LogP contribution in [-0.2, 0) is 9.53 Å². The number of amides is 2. The van der Waals surface area contributed by atoms with Crippen LogP contribution < -0.4 is 30.6 Å². The third-order valence-corrected chi connectivity index (χ3v) is 8.26. The maximum absolute atomic E-state index is 13.2. The first-order valence-corrected chi connectivity index (χ1v) is 14.1. The number of rotatable bonds is 11. The first-order chi connectivity index (χ1) is 19.4. The zero-order valence-corrected chi connectivity index (χ0v) is 23.2. The second kappa shape index (κ2) is 12.2. The number of fused-ring (bicyclic) bond motifs is 3. The maximum atomic E-state index is 13.2. The predicted octanol–water partition coefficient (Wildman–Crippen LogP) is 4.01. The summed E-state index contributed by atoms with van der Waals surface area (Å²) in [5.74, 6) is 0.0414. The standard InChI is InChI=1S/C30H39N3O7/c1-17-11-18(12-24(37-2)28(17)34)25-19-13-22-23(40-16-39-22)14-20(19)27(21-15-38-29(35)26(21)25)33-30(36)32-10-8-6-4-3-5-7-9-31/h11-14,21,25-27,34H,3-10,15-16,31H2,1-2H3,(H2,32,33,36)/t21-,25?,26-,27+/m0/s1. The SMILES string of the molecule is COc1cc(C2c3cc4c(cc3[C@@H](NC(=O)NCCCCCCCCN)[C@H]3COC(=O)[C@H]23)OCO4)cc(C)c1O. The van der Waals surface area contributed by atoms with Gasteiger partial charge < -0.3 is 40.4 Å². The molecular formula is C30H39N3O7. The highest BCUT2D eigenvalue weighted by Gasteiger charge is 2.53. The first kappa shape index (κ1) is 27.9. The van der Waals surface area contributed by atoms with Crippen molar-refractivity contribution >= 4 is 12.0 Å². The monoisotopic (exact) mass is 553 g/mol. The minimum absolute atomic E-state index is 0.0605. The number of carbonyl (C=O) groups excluding carboxylic acids is 2. The lowest BCUT2D eigenvalue weighted by Crippen LogP contribution is -2.46. The lowest BCUT2D eigenvalue weighted by molar-refractivity contribution is -0.141. The zero-order valence-electron chi connectivity index (χ0n) is 23.2. The number of nitrogens with two attached hydrogens (primary N) is 1. The summed E-state index contributed by atoms with van der Waals surface area (Å²) in [4.78, 5) is 26.3. The Morgan fingerprint density at radius 1 is 1.02 bits per heavy atom. The van der Waals surface area contributed by atoms with Crippen LogP contribution in [0.1, 0.15) is 72.7 Å². The minimum Gasteiger partial charge on any atom is -0.504 e. The van der Waals surface area contributed by atoms with Gasteiger partial charge in [-0.3, -0.25) is 4.79 Å². The van der Waals surface area contributed by atoms with Crippen LogP contribution in [0, 0.1) is 18.8 Å². The summed E-state index contributed by atoms with van der Waals surface area (Å²) in [7, 11) is 1.50. The molecule has 216 valence electrons. The van der Waals surface area contributed by atoms with Crippen LogP contribution in [0.3, 0.4) is 0 Å². The van der Waals surface area contributed by atoms with Crippen LogP contribution >= 0.6 is 0 Å². The molecule has 1 saturated heterocycles. The van der Waals surface area contributed by atoms with Gasteiger partial charge in [0, 0.05) is 18.4 Å². The van der Waals surface area contributed by atoms with Gasteiger partial charge in [-0.1, -0.05) is 31.7 Å². The van der Waals surface area contributed by atoms with Crippen LogP contribution in [0.25, 0.3) is 0 Å². The van der Waals surface area contributed by atoms with Crippen LogP contribution in [0.4, 0.5) is 4.79 Å². The third kappa shape index (κ3) is 5.50. The van der Waals surface area contributed by atoms with Crippen LogP contribution in [0.5, 0.6) is 23.0 Å². The topological polar surface area (TPSA) is 141 Å². The smallest absolute Gasteiger partial charge is 0.315 e. The Morgan fingerprint density at radius 3 is 2.45 bits per heavy atom. The largest absolute Gasteiger partial charge is 0.504 e. The first-order valence-electron chi connectivity index (χ1n) is 14.1. The molecule has 10 heteroatoms. The van der Waals surface area contributed by atoms with E-state index in [-0.39, 0.29) is 37.1 Å². The number of carbonyl (C=O) groups is 2.